The lowest BCUT2D eigenvalue weighted by Crippen LogP contribution is -2.11. The van der Waals surface area contributed by atoms with Crippen molar-refractivity contribution in [3.05, 3.63) is 77.4 Å². The van der Waals surface area contributed by atoms with Gasteiger partial charge in [0, 0.05) is 6.54 Å². The third-order valence-corrected chi connectivity index (χ3v) is 3.29. The van der Waals surface area contributed by atoms with Crippen molar-refractivity contribution >= 4 is 18.2 Å². The second-order valence-electron chi connectivity index (χ2n) is 5.37. The molecule has 0 aliphatic rings. The molecular weight excluding hydrogens is 254 g/mol. The summed E-state index contributed by atoms with van der Waals surface area (Å²) in [6.07, 6.45) is 9.88. The summed E-state index contributed by atoms with van der Waals surface area (Å²) in [4.78, 5) is 2.20. The molecule has 0 aromatic heterocycles. The largest absolute Gasteiger partial charge is 0.309 e. The monoisotopic (exact) mass is 277 g/mol. The molecule has 1 heteroatoms. The van der Waals surface area contributed by atoms with E-state index in [4.69, 9.17) is 0 Å². The van der Waals surface area contributed by atoms with Crippen LogP contribution in [0.25, 0.3) is 18.2 Å². The Balaban J connectivity index is 2.08. The highest BCUT2D eigenvalue weighted by molar-refractivity contribution is 5.75. The highest BCUT2D eigenvalue weighted by Gasteiger charge is 1.94. The van der Waals surface area contributed by atoms with Gasteiger partial charge in [0.1, 0.15) is 0 Å². The van der Waals surface area contributed by atoms with Gasteiger partial charge in [-0.05, 0) is 37.2 Å². The van der Waals surface area contributed by atoms with Crippen molar-refractivity contribution in [3.63, 3.8) is 0 Å². The van der Waals surface area contributed by atoms with E-state index in [9.17, 15) is 0 Å². The molecule has 0 radical (unpaired) electrons. The Bertz CT molecular complexity index is 594. The van der Waals surface area contributed by atoms with Gasteiger partial charge in [-0.1, -0.05) is 78.9 Å². The Morgan fingerprint density at radius 1 is 0.762 bits per heavy atom. The SMILES string of the molecule is CN(C)CC/C=C/c1ccccc1/C=C\c1ccccc1. The normalized spacial score (nSPS) is 11.8. The molecule has 0 amide bonds. The summed E-state index contributed by atoms with van der Waals surface area (Å²) < 4.78 is 0. The molecule has 0 aliphatic heterocycles. The fraction of sp³-hybridized carbons (Fsp3) is 0.200. The van der Waals surface area contributed by atoms with Gasteiger partial charge in [-0.25, -0.2) is 0 Å². The first-order chi connectivity index (χ1) is 10.3. The van der Waals surface area contributed by atoms with Gasteiger partial charge >= 0.3 is 0 Å². The number of nitrogens with zero attached hydrogens (tertiary/aromatic N) is 1. The average molecular weight is 277 g/mol. The minimum atomic E-state index is 1.07. The second kappa shape index (κ2) is 8.23. The molecule has 0 N–H and O–H groups in total. The highest BCUT2D eigenvalue weighted by Crippen LogP contribution is 2.15. The number of hydrogen-bond acceptors (Lipinski definition) is 1. The van der Waals surface area contributed by atoms with E-state index in [-0.39, 0.29) is 0 Å². The summed E-state index contributed by atoms with van der Waals surface area (Å²) in [6.45, 7) is 1.08. The van der Waals surface area contributed by atoms with Gasteiger partial charge < -0.3 is 4.90 Å². The smallest absolute Gasteiger partial charge is 0.000992 e. The maximum absolute atomic E-state index is 2.25. The molecular formula is C20H23N. The van der Waals surface area contributed by atoms with Crippen LogP contribution in [0.15, 0.2) is 60.7 Å². The third-order valence-electron chi connectivity index (χ3n) is 3.29. The highest BCUT2D eigenvalue weighted by atomic mass is 15.0. The number of rotatable bonds is 6. The van der Waals surface area contributed by atoms with Gasteiger partial charge in [-0.15, -0.1) is 0 Å². The van der Waals surface area contributed by atoms with Crippen molar-refractivity contribution < 1.29 is 0 Å². The molecule has 0 fully saturated rings. The van der Waals surface area contributed by atoms with Gasteiger partial charge in [0.25, 0.3) is 0 Å². The summed E-state index contributed by atoms with van der Waals surface area (Å²) in [5.41, 5.74) is 3.75. The summed E-state index contributed by atoms with van der Waals surface area (Å²) in [7, 11) is 4.20. The molecule has 0 saturated heterocycles. The van der Waals surface area contributed by atoms with E-state index >= 15 is 0 Å². The van der Waals surface area contributed by atoms with Crippen LogP contribution in [0, 0.1) is 0 Å². The van der Waals surface area contributed by atoms with Gasteiger partial charge in [0.2, 0.25) is 0 Å². The minimum absolute atomic E-state index is 1.07. The Hall–Kier alpha value is -2.12. The van der Waals surface area contributed by atoms with Crippen LogP contribution in [0.5, 0.6) is 0 Å². The van der Waals surface area contributed by atoms with Crippen LogP contribution in [0.3, 0.4) is 0 Å². The zero-order valence-electron chi connectivity index (χ0n) is 12.9. The molecule has 0 aliphatic carbocycles. The van der Waals surface area contributed by atoms with E-state index < -0.39 is 0 Å². The Labute approximate surface area is 128 Å². The lowest BCUT2D eigenvalue weighted by Gasteiger charge is -2.06. The van der Waals surface area contributed by atoms with E-state index in [0.29, 0.717) is 0 Å². The topological polar surface area (TPSA) is 3.24 Å². The lowest BCUT2D eigenvalue weighted by molar-refractivity contribution is 0.417. The molecule has 0 saturated carbocycles. The van der Waals surface area contributed by atoms with Crippen molar-refractivity contribution in [1.29, 1.82) is 0 Å². The Kier molecular flexibility index (Phi) is 5.99. The van der Waals surface area contributed by atoms with E-state index in [2.05, 4.69) is 91.8 Å². The first kappa shape index (κ1) is 15.3. The first-order valence-electron chi connectivity index (χ1n) is 7.39. The van der Waals surface area contributed by atoms with Crippen LogP contribution < -0.4 is 0 Å². The molecule has 2 aromatic carbocycles. The van der Waals surface area contributed by atoms with Crippen LogP contribution in [0.2, 0.25) is 0 Å². The van der Waals surface area contributed by atoms with Crippen molar-refractivity contribution in [2.75, 3.05) is 20.6 Å². The minimum Gasteiger partial charge on any atom is -0.309 e. The number of hydrogen-bond donors (Lipinski definition) is 0. The molecule has 0 heterocycles. The summed E-state index contributed by atoms with van der Waals surface area (Å²) in [5, 5.41) is 0. The second-order valence-corrected chi connectivity index (χ2v) is 5.37. The zero-order chi connectivity index (χ0) is 14.9. The maximum atomic E-state index is 2.25. The zero-order valence-corrected chi connectivity index (χ0v) is 12.9. The molecule has 2 rings (SSSR count). The third kappa shape index (κ3) is 5.41. The van der Waals surface area contributed by atoms with E-state index in [1.807, 2.05) is 6.07 Å². The molecule has 2 aromatic rings. The van der Waals surface area contributed by atoms with Crippen molar-refractivity contribution in [1.82, 2.24) is 4.90 Å². The van der Waals surface area contributed by atoms with E-state index in [0.717, 1.165) is 13.0 Å². The van der Waals surface area contributed by atoms with Crippen molar-refractivity contribution in [2.24, 2.45) is 0 Å². The van der Waals surface area contributed by atoms with Crippen LogP contribution >= 0.6 is 0 Å². The van der Waals surface area contributed by atoms with Gasteiger partial charge in [-0.3, -0.25) is 0 Å². The Morgan fingerprint density at radius 3 is 2.05 bits per heavy atom. The predicted octanol–water partition coefficient (Wildman–Crippen LogP) is 4.82. The molecule has 0 unspecified atom stereocenters. The quantitative estimate of drug-likeness (QED) is 0.684. The molecule has 1 nitrogen and oxygen atoms in total. The lowest BCUT2D eigenvalue weighted by atomic mass is 10.0. The van der Waals surface area contributed by atoms with E-state index in [1.54, 1.807) is 0 Å². The van der Waals surface area contributed by atoms with Crippen LogP contribution in [-0.4, -0.2) is 25.5 Å². The van der Waals surface area contributed by atoms with Gasteiger partial charge in [0.05, 0.1) is 0 Å². The standard InChI is InChI=1S/C20H23N/c1-21(2)17-9-8-14-19-12-6-7-13-20(19)16-15-18-10-4-3-5-11-18/h3-8,10-16H,9,17H2,1-2H3/b14-8+,16-15-. The molecule has 0 bridgehead atoms. The predicted molar refractivity (Wildman–Crippen MR) is 94.0 cm³/mol. The molecule has 21 heavy (non-hydrogen) atoms. The summed E-state index contributed by atoms with van der Waals surface area (Å²) >= 11 is 0. The van der Waals surface area contributed by atoms with E-state index in [1.165, 1.54) is 16.7 Å². The van der Waals surface area contributed by atoms with Gasteiger partial charge in [0.15, 0.2) is 0 Å². The molecule has 0 spiro atoms. The van der Waals surface area contributed by atoms with Crippen molar-refractivity contribution in [2.45, 2.75) is 6.42 Å². The summed E-state index contributed by atoms with van der Waals surface area (Å²) in [5.74, 6) is 0. The molecule has 0 atom stereocenters. The maximum Gasteiger partial charge on any atom is 0.000992 e. The first-order valence-corrected chi connectivity index (χ1v) is 7.39. The average Bonchev–Trinajstić information content (AvgIpc) is 2.51. The fourth-order valence-electron chi connectivity index (χ4n) is 2.11. The van der Waals surface area contributed by atoms with Crippen molar-refractivity contribution in [3.8, 4) is 0 Å². The summed E-state index contributed by atoms with van der Waals surface area (Å²) in [6, 6.07) is 18.9. The van der Waals surface area contributed by atoms with Crippen LogP contribution in [0.1, 0.15) is 23.1 Å². The fourth-order valence-corrected chi connectivity index (χ4v) is 2.11. The van der Waals surface area contributed by atoms with Crippen LogP contribution in [0.4, 0.5) is 0 Å². The Morgan fingerprint density at radius 2 is 1.38 bits per heavy atom. The van der Waals surface area contributed by atoms with Crippen LogP contribution in [-0.2, 0) is 0 Å². The molecule has 108 valence electrons. The number of benzene rings is 2. The van der Waals surface area contributed by atoms with Gasteiger partial charge in [-0.2, -0.15) is 0 Å².